The summed E-state index contributed by atoms with van der Waals surface area (Å²) >= 11 is 0. The first kappa shape index (κ1) is 26.6. The largest absolute Gasteiger partial charge is 0.485 e. The first-order valence-corrected chi connectivity index (χ1v) is 13.2. The highest BCUT2D eigenvalue weighted by atomic mass is 19.2. The molecule has 0 radical (unpaired) electrons. The van der Waals surface area contributed by atoms with E-state index in [0.717, 1.165) is 51.0 Å². The number of ether oxygens (including phenoxy) is 2. The number of ketones is 1. The van der Waals surface area contributed by atoms with Crippen LogP contribution >= 0.6 is 0 Å². The molecule has 7 heteroatoms. The number of Topliss-reactive ketones (excluding diaryl/α,β-unsaturated/α-hetero) is 1. The van der Waals surface area contributed by atoms with Gasteiger partial charge in [-0.15, -0.1) is 0 Å². The first-order chi connectivity index (χ1) is 17.4. The molecular formula is C29H34F4O3. The van der Waals surface area contributed by atoms with Crippen molar-refractivity contribution in [2.24, 2.45) is 0 Å². The lowest BCUT2D eigenvalue weighted by Crippen LogP contribution is -2.24. The van der Waals surface area contributed by atoms with Gasteiger partial charge in [-0.3, -0.25) is 4.79 Å². The van der Waals surface area contributed by atoms with Gasteiger partial charge in [0.2, 0.25) is 0 Å². The number of aryl methyl sites for hydroxylation is 1. The molecule has 0 bridgehead atoms. The second-order valence-electron chi connectivity index (χ2n) is 9.90. The minimum absolute atomic E-state index is 0.0346. The minimum atomic E-state index is -1.05. The van der Waals surface area contributed by atoms with Crippen molar-refractivity contribution < 1.29 is 31.8 Å². The molecule has 4 rings (SSSR count). The van der Waals surface area contributed by atoms with Gasteiger partial charge < -0.3 is 9.47 Å². The lowest BCUT2D eigenvalue weighted by molar-refractivity contribution is 0.0941. The highest BCUT2D eigenvalue weighted by Crippen LogP contribution is 2.40. The fourth-order valence-electron chi connectivity index (χ4n) is 5.10. The Kier molecular flexibility index (Phi) is 8.70. The van der Waals surface area contributed by atoms with Crippen molar-refractivity contribution in [2.75, 3.05) is 6.61 Å². The number of benzene rings is 2. The van der Waals surface area contributed by atoms with Crippen LogP contribution in [0.15, 0.2) is 18.2 Å². The van der Waals surface area contributed by atoms with Crippen LogP contribution in [0.1, 0.15) is 98.2 Å². The van der Waals surface area contributed by atoms with Gasteiger partial charge in [0.15, 0.2) is 34.8 Å². The molecule has 0 aromatic heterocycles. The topological polar surface area (TPSA) is 38.8 Å². The molecule has 2 aliphatic rings. The summed E-state index contributed by atoms with van der Waals surface area (Å²) in [5.41, 5.74) is 0.137. The van der Waals surface area contributed by atoms with Crippen molar-refractivity contribution in [1.82, 2.24) is 0 Å². The summed E-state index contributed by atoms with van der Waals surface area (Å²) in [5, 5.41) is 0. The van der Waals surface area contributed by atoms with Crippen LogP contribution < -0.4 is 4.74 Å². The summed E-state index contributed by atoms with van der Waals surface area (Å²) in [7, 11) is 0. The third-order valence-corrected chi connectivity index (χ3v) is 7.33. The highest BCUT2D eigenvalue weighted by molar-refractivity contribution is 6.03. The van der Waals surface area contributed by atoms with Crippen LogP contribution in [-0.2, 0) is 17.6 Å². The third-order valence-electron chi connectivity index (χ3n) is 7.33. The molecule has 1 aliphatic carbocycles. The zero-order chi connectivity index (χ0) is 25.8. The molecule has 0 amide bonds. The van der Waals surface area contributed by atoms with Gasteiger partial charge in [0.1, 0.15) is 12.7 Å². The molecule has 1 heterocycles. The fraction of sp³-hybridized carbons (Fsp3) is 0.552. The van der Waals surface area contributed by atoms with E-state index >= 15 is 4.39 Å². The maximum absolute atomic E-state index is 15.2. The molecule has 1 fully saturated rings. The number of fused-ring (bicyclic) bond motifs is 1. The number of carbonyl (C=O) groups is 1. The number of rotatable bonds is 12. The summed E-state index contributed by atoms with van der Waals surface area (Å²) < 4.78 is 70.6. The summed E-state index contributed by atoms with van der Waals surface area (Å²) in [4.78, 5) is 13.2. The van der Waals surface area contributed by atoms with Gasteiger partial charge in [-0.25, -0.2) is 17.6 Å². The number of epoxide rings is 1. The van der Waals surface area contributed by atoms with Crippen LogP contribution in [0.25, 0.3) is 0 Å². The van der Waals surface area contributed by atoms with E-state index in [4.69, 9.17) is 9.47 Å². The number of hydrogen-bond acceptors (Lipinski definition) is 3. The zero-order valence-electron chi connectivity index (χ0n) is 21.0. The maximum Gasteiger partial charge on any atom is 0.191 e. The predicted molar refractivity (Wildman–Crippen MR) is 130 cm³/mol. The van der Waals surface area contributed by atoms with E-state index in [1.165, 1.54) is 12.1 Å². The lowest BCUT2D eigenvalue weighted by Gasteiger charge is -2.25. The van der Waals surface area contributed by atoms with E-state index in [-0.39, 0.29) is 53.9 Å². The van der Waals surface area contributed by atoms with Crippen LogP contribution in [0.2, 0.25) is 0 Å². The molecular weight excluding hydrogens is 472 g/mol. The quantitative estimate of drug-likeness (QED) is 0.169. The summed E-state index contributed by atoms with van der Waals surface area (Å²) in [6.07, 6.45) is 7.19. The van der Waals surface area contributed by atoms with E-state index in [1.807, 2.05) is 0 Å². The van der Waals surface area contributed by atoms with Gasteiger partial charge >= 0.3 is 0 Å². The molecule has 1 saturated heterocycles. The fourth-order valence-corrected chi connectivity index (χ4v) is 5.10. The standard InChI is InChI=1S/C29H34F4O3/c1-3-5-7-8-9-17-11-12-18(26(32)25(17)31)20-14-13-19-21(28(20)34)15-22(30)29(27(19)33)35-16-24-23(36-24)10-6-4-2/h11-12,15,20,23-24H,3-10,13-14,16H2,1-2H3. The number of halogens is 4. The molecule has 0 spiro atoms. The monoisotopic (exact) mass is 506 g/mol. The third kappa shape index (κ3) is 5.61. The molecule has 3 nitrogen and oxygen atoms in total. The molecule has 36 heavy (non-hydrogen) atoms. The van der Waals surface area contributed by atoms with Crippen molar-refractivity contribution in [2.45, 2.75) is 96.2 Å². The molecule has 3 unspecified atom stereocenters. The van der Waals surface area contributed by atoms with Gasteiger partial charge in [0.25, 0.3) is 0 Å². The molecule has 0 saturated carbocycles. The molecule has 1 aliphatic heterocycles. The van der Waals surface area contributed by atoms with Crippen molar-refractivity contribution in [3.63, 3.8) is 0 Å². The van der Waals surface area contributed by atoms with Gasteiger partial charge in [-0.2, -0.15) is 0 Å². The minimum Gasteiger partial charge on any atom is -0.485 e. The van der Waals surface area contributed by atoms with Gasteiger partial charge in [0.05, 0.1) is 12.0 Å². The molecule has 3 atom stereocenters. The van der Waals surface area contributed by atoms with Crippen molar-refractivity contribution >= 4 is 5.78 Å². The van der Waals surface area contributed by atoms with Gasteiger partial charge in [-0.1, -0.05) is 58.1 Å². The van der Waals surface area contributed by atoms with Crippen molar-refractivity contribution in [3.8, 4) is 5.75 Å². The summed E-state index contributed by atoms with van der Waals surface area (Å²) in [6, 6.07) is 3.92. The Morgan fingerprint density at radius 1 is 0.944 bits per heavy atom. The van der Waals surface area contributed by atoms with E-state index < -0.39 is 40.7 Å². The van der Waals surface area contributed by atoms with Crippen LogP contribution in [-0.4, -0.2) is 24.6 Å². The number of carbonyl (C=O) groups excluding carboxylic acids is 1. The Morgan fingerprint density at radius 2 is 1.72 bits per heavy atom. The highest BCUT2D eigenvalue weighted by Gasteiger charge is 2.40. The molecule has 2 aromatic carbocycles. The molecule has 0 N–H and O–H groups in total. The first-order valence-electron chi connectivity index (χ1n) is 13.2. The van der Waals surface area contributed by atoms with Crippen LogP contribution in [0.4, 0.5) is 17.6 Å². The lowest BCUT2D eigenvalue weighted by atomic mass is 9.78. The molecule has 196 valence electrons. The average molecular weight is 507 g/mol. The Morgan fingerprint density at radius 3 is 2.47 bits per heavy atom. The normalized spacial score (nSPS) is 20.9. The van der Waals surface area contributed by atoms with E-state index in [2.05, 4.69) is 13.8 Å². The Labute approximate surface area is 210 Å². The summed E-state index contributed by atoms with van der Waals surface area (Å²) in [6.45, 7) is 4.19. The average Bonchev–Trinajstić information content (AvgIpc) is 3.62. The SMILES string of the molecule is CCCCCCc1ccc(C2CCc3c(cc(F)c(OCC4OC4CCCC)c3F)C2=O)c(F)c1F. The second kappa shape index (κ2) is 11.8. The second-order valence-corrected chi connectivity index (χ2v) is 9.90. The van der Waals surface area contributed by atoms with E-state index in [0.29, 0.717) is 6.42 Å². The number of unbranched alkanes of at least 4 members (excludes halogenated alkanes) is 4. The summed E-state index contributed by atoms with van der Waals surface area (Å²) in [5.74, 6) is -6.01. The predicted octanol–water partition coefficient (Wildman–Crippen LogP) is 7.61. The Balaban J connectivity index is 1.48. The van der Waals surface area contributed by atoms with Crippen LogP contribution in [0.5, 0.6) is 5.75 Å². The van der Waals surface area contributed by atoms with Gasteiger partial charge in [0, 0.05) is 16.7 Å². The maximum atomic E-state index is 15.2. The Hall–Kier alpha value is -2.41. The van der Waals surface area contributed by atoms with Crippen LogP contribution in [0.3, 0.4) is 0 Å². The smallest absolute Gasteiger partial charge is 0.191 e. The van der Waals surface area contributed by atoms with Crippen molar-refractivity contribution in [1.29, 1.82) is 0 Å². The van der Waals surface area contributed by atoms with E-state index in [9.17, 15) is 18.0 Å². The van der Waals surface area contributed by atoms with Crippen LogP contribution in [0, 0.1) is 23.3 Å². The Bertz CT molecular complexity index is 1100. The van der Waals surface area contributed by atoms with Crippen molar-refractivity contribution in [3.05, 3.63) is 63.7 Å². The van der Waals surface area contributed by atoms with E-state index in [1.54, 1.807) is 0 Å². The zero-order valence-corrected chi connectivity index (χ0v) is 21.0. The van der Waals surface area contributed by atoms with Gasteiger partial charge in [-0.05, 0) is 43.7 Å². The number of hydrogen-bond donors (Lipinski definition) is 0. The molecule has 2 aromatic rings.